The van der Waals surface area contributed by atoms with Gasteiger partial charge in [0.15, 0.2) is 0 Å². The molecule has 2 aliphatic rings. The normalized spacial score (nSPS) is 24.4. The van der Waals surface area contributed by atoms with E-state index in [1.54, 1.807) is 18.2 Å². The SMILES string of the molecule is NC(=O)c1ccccc1C(N)=NC1CCCC(NC(=O)C2CCCC2)C1. The number of benzene rings is 1. The summed E-state index contributed by atoms with van der Waals surface area (Å²) in [6.45, 7) is 0. The summed E-state index contributed by atoms with van der Waals surface area (Å²) >= 11 is 0. The minimum atomic E-state index is -0.510. The molecule has 2 saturated carbocycles. The number of carbonyl (C=O) groups is 2. The Morgan fingerprint density at radius 3 is 2.35 bits per heavy atom. The van der Waals surface area contributed by atoms with Crippen molar-refractivity contribution in [3.05, 3.63) is 35.4 Å². The predicted octanol–water partition coefficient (Wildman–Crippen LogP) is 2.11. The average Bonchev–Trinajstić information content (AvgIpc) is 3.17. The Balaban J connectivity index is 1.65. The van der Waals surface area contributed by atoms with Crippen LogP contribution in [-0.4, -0.2) is 29.7 Å². The molecule has 2 atom stereocenters. The van der Waals surface area contributed by atoms with Crippen LogP contribution in [0.15, 0.2) is 29.3 Å². The van der Waals surface area contributed by atoms with Gasteiger partial charge in [-0.15, -0.1) is 0 Å². The van der Waals surface area contributed by atoms with Crippen molar-refractivity contribution in [1.82, 2.24) is 5.32 Å². The quantitative estimate of drug-likeness (QED) is 0.555. The Morgan fingerprint density at radius 1 is 0.962 bits per heavy atom. The zero-order valence-corrected chi connectivity index (χ0v) is 15.1. The van der Waals surface area contributed by atoms with Gasteiger partial charge in [0.1, 0.15) is 5.84 Å². The zero-order valence-electron chi connectivity index (χ0n) is 15.1. The molecule has 0 spiro atoms. The Hall–Kier alpha value is -2.37. The lowest BCUT2D eigenvalue weighted by molar-refractivity contribution is -0.125. The van der Waals surface area contributed by atoms with Crippen molar-refractivity contribution in [2.45, 2.75) is 63.5 Å². The number of nitrogens with zero attached hydrogens (tertiary/aromatic N) is 1. The van der Waals surface area contributed by atoms with E-state index in [4.69, 9.17) is 11.5 Å². The number of hydrogen-bond donors (Lipinski definition) is 3. The van der Waals surface area contributed by atoms with E-state index in [1.165, 1.54) is 0 Å². The highest BCUT2D eigenvalue weighted by atomic mass is 16.2. The van der Waals surface area contributed by atoms with Gasteiger partial charge in [0.05, 0.1) is 6.04 Å². The topological polar surface area (TPSA) is 111 Å². The lowest BCUT2D eigenvalue weighted by Gasteiger charge is -2.29. The standard InChI is InChI=1S/C20H28N4O2/c21-18(16-10-3-4-11-17(16)19(22)25)23-14-8-5-9-15(12-14)24-20(26)13-6-1-2-7-13/h3-4,10-11,13-15H,1-2,5-9,12H2,(H2,21,23)(H2,22,25)(H,24,26). The lowest BCUT2D eigenvalue weighted by Crippen LogP contribution is -2.42. The van der Waals surface area contributed by atoms with E-state index >= 15 is 0 Å². The third-order valence-corrected chi connectivity index (χ3v) is 5.51. The Morgan fingerprint density at radius 2 is 1.65 bits per heavy atom. The minimum Gasteiger partial charge on any atom is -0.383 e. The van der Waals surface area contributed by atoms with Gasteiger partial charge < -0.3 is 16.8 Å². The first-order chi connectivity index (χ1) is 12.5. The van der Waals surface area contributed by atoms with Gasteiger partial charge in [-0.1, -0.05) is 31.0 Å². The monoisotopic (exact) mass is 356 g/mol. The molecule has 0 aliphatic heterocycles. The van der Waals surface area contributed by atoms with Crippen LogP contribution in [0.25, 0.3) is 0 Å². The first kappa shape index (κ1) is 18.4. The van der Waals surface area contributed by atoms with Crippen molar-refractivity contribution in [1.29, 1.82) is 0 Å². The second-order valence-corrected chi connectivity index (χ2v) is 7.43. The fourth-order valence-electron chi connectivity index (χ4n) is 4.11. The third-order valence-electron chi connectivity index (χ3n) is 5.51. The molecule has 2 aliphatic carbocycles. The van der Waals surface area contributed by atoms with Crippen molar-refractivity contribution >= 4 is 17.6 Å². The second kappa shape index (κ2) is 8.34. The fraction of sp³-hybridized carbons (Fsp3) is 0.550. The molecule has 6 nitrogen and oxygen atoms in total. The maximum Gasteiger partial charge on any atom is 0.249 e. The minimum absolute atomic E-state index is 0.0542. The summed E-state index contributed by atoms with van der Waals surface area (Å²) in [5.41, 5.74) is 12.6. The Labute approximate surface area is 154 Å². The van der Waals surface area contributed by atoms with Crippen LogP contribution in [0.3, 0.4) is 0 Å². The summed E-state index contributed by atoms with van der Waals surface area (Å²) in [6, 6.07) is 7.21. The van der Waals surface area contributed by atoms with Crippen LogP contribution in [0.4, 0.5) is 0 Å². The van der Waals surface area contributed by atoms with Gasteiger partial charge in [0.25, 0.3) is 0 Å². The summed E-state index contributed by atoms with van der Waals surface area (Å²) in [5, 5.41) is 3.21. The van der Waals surface area contributed by atoms with Crippen LogP contribution in [0.1, 0.15) is 67.3 Å². The van der Waals surface area contributed by atoms with Gasteiger partial charge in [-0.3, -0.25) is 14.6 Å². The molecular weight excluding hydrogens is 328 g/mol. The van der Waals surface area contributed by atoms with Crippen LogP contribution in [0.2, 0.25) is 0 Å². The van der Waals surface area contributed by atoms with Crippen molar-refractivity contribution in [3.63, 3.8) is 0 Å². The summed E-state index contributed by atoms with van der Waals surface area (Å²) in [5.74, 6) is 0.215. The molecule has 3 rings (SSSR count). The van der Waals surface area contributed by atoms with Crippen molar-refractivity contribution in [3.8, 4) is 0 Å². The number of amides is 2. The highest BCUT2D eigenvalue weighted by Crippen LogP contribution is 2.27. The summed E-state index contributed by atoms with van der Waals surface area (Å²) in [7, 11) is 0. The molecule has 0 heterocycles. The van der Waals surface area contributed by atoms with Gasteiger partial charge in [-0.25, -0.2) is 0 Å². The molecule has 6 heteroatoms. The number of aliphatic imine (C=N–C) groups is 1. The molecular formula is C20H28N4O2. The van der Waals surface area contributed by atoms with Gasteiger partial charge in [-0.2, -0.15) is 0 Å². The van der Waals surface area contributed by atoms with Crippen LogP contribution >= 0.6 is 0 Å². The van der Waals surface area contributed by atoms with Crippen molar-refractivity contribution in [2.75, 3.05) is 0 Å². The molecule has 0 aromatic heterocycles. The molecule has 5 N–H and O–H groups in total. The van der Waals surface area contributed by atoms with Crippen molar-refractivity contribution in [2.24, 2.45) is 22.4 Å². The number of primary amides is 1. The van der Waals surface area contributed by atoms with E-state index in [2.05, 4.69) is 10.3 Å². The smallest absolute Gasteiger partial charge is 0.249 e. The number of carbonyl (C=O) groups excluding carboxylic acids is 2. The molecule has 2 fully saturated rings. The van der Waals surface area contributed by atoms with Crippen LogP contribution in [0.5, 0.6) is 0 Å². The highest BCUT2D eigenvalue weighted by Gasteiger charge is 2.28. The van der Waals surface area contributed by atoms with E-state index < -0.39 is 5.91 Å². The molecule has 2 unspecified atom stereocenters. The maximum atomic E-state index is 12.4. The van der Waals surface area contributed by atoms with E-state index in [0.29, 0.717) is 17.0 Å². The lowest BCUT2D eigenvalue weighted by atomic mass is 9.90. The maximum absolute atomic E-state index is 12.4. The highest BCUT2D eigenvalue weighted by molar-refractivity contribution is 6.08. The molecule has 140 valence electrons. The number of hydrogen-bond acceptors (Lipinski definition) is 3. The van der Waals surface area contributed by atoms with Gasteiger partial charge in [0, 0.05) is 23.1 Å². The number of rotatable bonds is 5. The molecule has 2 amide bonds. The zero-order chi connectivity index (χ0) is 18.5. The summed E-state index contributed by atoms with van der Waals surface area (Å²) < 4.78 is 0. The molecule has 0 radical (unpaired) electrons. The van der Waals surface area contributed by atoms with E-state index in [0.717, 1.165) is 51.4 Å². The van der Waals surface area contributed by atoms with Crippen LogP contribution < -0.4 is 16.8 Å². The fourth-order valence-corrected chi connectivity index (χ4v) is 4.11. The Kier molecular flexibility index (Phi) is 5.91. The summed E-state index contributed by atoms with van der Waals surface area (Å²) in [4.78, 5) is 28.6. The number of amidine groups is 1. The van der Waals surface area contributed by atoms with Crippen LogP contribution in [0, 0.1) is 5.92 Å². The largest absolute Gasteiger partial charge is 0.383 e. The van der Waals surface area contributed by atoms with Crippen LogP contribution in [-0.2, 0) is 4.79 Å². The van der Waals surface area contributed by atoms with E-state index in [9.17, 15) is 9.59 Å². The third kappa shape index (κ3) is 4.42. The molecule has 0 saturated heterocycles. The van der Waals surface area contributed by atoms with E-state index in [1.807, 2.05) is 6.07 Å². The first-order valence-electron chi connectivity index (χ1n) is 9.57. The number of nitrogens with one attached hydrogen (secondary N) is 1. The molecule has 1 aromatic rings. The predicted molar refractivity (Wildman–Crippen MR) is 102 cm³/mol. The molecule has 1 aromatic carbocycles. The number of nitrogens with two attached hydrogens (primary N) is 2. The van der Waals surface area contributed by atoms with E-state index in [-0.39, 0.29) is 23.9 Å². The van der Waals surface area contributed by atoms with Gasteiger partial charge >= 0.3 is 0 Å². The summed E-state index contributed by atoms with van der Waals surface area (Å²) in [6.07, 6.45) is 8.06. The van der Waals surface area contributed by atoms with Crippen molar-refractivity contribution < 1.29 is 9.59 Å². The Bertz CT molecular complexity index is 695. The first-order valence-corrected chi connectivity index (χ1v) is 9.57. The average molecular weight is 356 g/mol. The molecule has 26 heavy (non-hydrogen) atoms. The van der Waals surface area contributed by atoms with Gasteiger partial charge in [0.2, 0.25) is 11.8 Å². The molecule has 0 bridgehead atoms. The second-order valence-electron chi connectivity index (χ2n) is 7.43. The van der Waals surface area contributed by atoms with Gasteiger partial charge in [-0.05, 0) is 44.6 Å².